The molecule has 27 heavy (non-hydrogen) atoms. The fraction of sp³-hybridized carbons (Fsp3) is 0.350. The number of rotatable bonds is 6. The smallest absolute Gasteiger partial charge is 0.276 e. The minimum absolute atomic E-state index is 0.241. The van der Waals surface area contributed by atoms with Gasteiger partial charge in [0.1, 0.15) is 11.4 Å². The molecule has 6 nitrogen and oxygen atoms in total. The third-order valence-electron chi connectivity index (χ3n) is 4.68. The molecule has 0 aliphatic rings. The first-order valence-electron chi connectivity index (χ1n) is 9.05. The van der Waals surface area contributed by atoms with Crippen LogP contribution in [0.3, 0.4) is 0 Å². The summed E-state index contributed by atoms with van der Waals surface area (Å²) in [5.41, 5.74) is 3.13. The molecule has 2 N–H and O–H groups in total. The normalized spacial score (nSPS) is 11.1. The molecule has 0 aliphatic heterocycles. The third kappa shape index (κ3) is 3.63. The summed E-state index contributed by atoms with van der Waals surface area (Å²) in [4.78, 5) is 30.0. The highest BCUT2D eigenvalue weighted by atomic mass is 19.1. The van der Waals surface area contributed by atoms with Crippen LogP contribution in [0.25, 0.3) is 5.65 Å². The maximum Gasteiger partial charge on any atom is 0.276 e. The highest BCUT2D eigenvalue weighted by molar-refractivity contribution is 6.00. The second-order valence-corrected chi connectivity index (χ2v) is 6.59. The van der Waals surface area contributed by atoms with E-state index in [1.54, 1.807) is 26.1 Å². The quantitative estimate of drug-likeness (QED) is 0.700. The van der Waals surface area contributed by atoms with E-state index < -0.39 is 0 Å². The van der Waals surface area contributed by atoms with E-state index in [1.165, 1.54) is 16.6 Å². The van der Waals surface area contributed by atoms with E-state index in [0.717, 1.165) is 18.4 Å². The van der Waals surface area contributed by atoms with Crippen molar-refractivity contribution in [3.63, 3.8) is 0 Å². The van der Waals surface area contributed by atoms with Crippen LogP contribution in [0.15, 0.2) is 29.1 Å². The van der Waals surface area contributed by atoms with Gasteiger partial charge in [-0.25, -0.2) is 13.9 Å². The lowest BCUT2D eigenvalue weighted by molar-refractivity contribution is 0.0963. The van der Waals surface area contributed by atoms with E-state index in [0.29, 0.717) is 41.0 Å². The number of nitrogens with zero attached hydrogens (tertiary/aromatic N) is 2. The number of carbonyl (C=O) groups is 1. The maximum atomic E-state index is 13.1. The van der Waals surface area contributed by atoms with Crippen molar-refractivity contribution in [1.29, 1.82) is 0 Å². The zero-order valence-corrected chi connectivity index (χ0v) is 15.7. The zero-order chi connectivity index (χ0) is 19.6. The van der Waals surface area contributed by atoms with Gasteiger partial charge in [0.2, 0.25) is 0 Å². The summed E-state index contributed by atoms with van der Waals surface area (Å²) in [6, 6.07) is 6.05. The summed E-state index contributed by atoms with van der Waals surface area (Å²) in [6.45, 7) is 3.82. The van der Waals surface area contributed by atoms with Gasteiger partial charge in [0.25, 0.3) is 11.5 Å². The lowest BCUT2D eigenvalue weighted by Gasteiger charge is -2.06. The molecule has 1 aromatic carbocycles. The summed E-state index contributed by atoms with van der Waals surface area (Å²) >= 11 is 0. The number of unbranched alkanes of at least 4 members (excludes halogenated alkanes) is 1. The van der Waals surface area contributed by atoms with E-state index in [4.69, 9.17) is 0 Å². The van der Waals surface area contributed by atoms with Crippen molar-refractivity contribution in [3.8, 4) is 0 Å². The maximum absolute atomic E-state index is 13.1. The van der Waals surface area contributed by atoms with Crippen molar-refractivity contribution in [3.05, 3.63) is 68.5 Å². The van der Waals surface area contributed by atoms with E-state index in [1.807, 2.05) is 0 Å². The van der Waals surface area contributed by atoms with Gasteiger partial charge in [0.15, 0.2) is 5.65 Å². The Labute approximate surface area is 156 Å². The van der Waals surface area contributed by atoms with Crippen LogP contribution in [0.4, 0.5) is 4.39 Å². The number of halogens is 1. The first-order chi connectivity index (χ1) is 13.0. The SMILES string of the molecule is CCCCc1[nH]n2c(=O)c(Cc3ccc(F)cc3)c(C)nc2c1C(=O)NC. The molecule has 0 aliphatic carbocycles. The number of hydrogen-bond acceptors (Lipinski definition) is 3. The van der Waals surface area contributed by atoms with Crippen LogP contribution in [0.1, 0.15) is 52.6 Å². The molecular weight excluding hydrogens is 347 g/mol. The Balaban J connectivity index is 2.14. The monoisotopic (exact) mass is 370 g/mol. The van der Waals surface area contributed by atoms with Crippen molar-refractivity contribution in [2.24, 2.45) is 0 Å². The summed E-state index contributed by atoms with van der Waals surface area (Å²) in [6.07, 6.45) is 2.88. The van der Waals surface area contributed by atoms with Crippen LogP contribution < -0.4 is 10.9 Å². The Morgan fingerprint density at radius 1 is 1.30 bits per heavy atom. The number of fused-ring (bicyclic) bond motifs is 1. The summed E-state index contributed by atoms with van der Waals surface area (Å²) < 4.78 is 14.5. The predicted octanol–water partition coefficient (Wildman–Crippen LogP) is 2.76. The van der Waals surface area contributed by atoms with Crippen LogP contribution in [-0.4, -0.2) is 27.6 Å². The Morgan fingerprint density at radius 2 is 2.00 bits per heavy atom. The lowest BCUT2D eigenvalue weighted by Crippen LogP contribution is -2.23. The molecular formula is C20H23FN4O2. The number of aromatic nitrogens is 3. The highest BCUT2D eigenvalue weighted by Gasteiger charge is 2.22. The van der Waals surface area contributed by atoms with E-state index >= 15 is 0 Å². The Kier molecular flexibility index (Phi) is 5.39. The molecule has 0 unspecified atom stereocenters. The molecule has 2 aromatic heterocycles. The first kappa shape index (κ1) is 18.8. The van der Waals surface area contributed by atoms with Crippen LogP contribution in [0, 0.1) is 12.7 Å². The minimum Gasteiger partial charge on any atom is -0.355 e. The molecule has 0 atom stereocenters. The molecule has 0 radical (unpaired) electrons. The average molecular weight is 370 g/mol. The number of carbonyl (C=O) groups excluding carboxylic acids is 1. The lowest BCUT2D eigenvalue weighted by atomic mass is 10.0. The van der Waals surface area contributed by atoms with Gasteiger partial charge in [-0.2, -0.15) is 0 Å². The molecule has 7 heteroatoms. The molecule has 0 fully saturated rings. The van der Waals surface area contributed by atoms with E-state index in [2.05, 4.69) is 22.3 Å². The standard InChI is InChI=1S/C20H23FN4O2/c1-4-5-6-16-17(19(26)22-3)18-23-12(2)15(20(27)25(18)24-16)11-13-7-9-14(21)10-8-13/h7-10,24H,4-6,11H2,1-3H3,(H,22,26). The van der Waals surface area contributed by atoms with Crippen molar-refractivity contribution < 1.29 is 9.18 Å². The second-order valence-electron chi connectivity index (χ2n) is 6.59. The predicted molar refractivity (Wildman–Crippen MR) is 102 cm³/mol. The number of aryl methyl sites for hydroxylation is 2. The Hall–Kier alpha value is -2.96. The van der Waals surface area contributed by atoms with Crippen LogP contribution in [0.2, 0.25) is 0 Å². The van der Waals surface area contributed by atoms with Gasteiger partial charge in [0.05, 0.1) is 0 Å². The number of amides is 1. The molecule has 0 saturated heterocycles. The Bertz CT molecular complexity index is 1030. The van der Waals surface area contributed by atoms with Crippen molar-refractivity contribution in [2.75, 3.05) is 7.05 Å². The molecule has 0 saturated carbocycles. The van der Waals surface area contributed by atoms with Crippen LogP contribution in [0.5, 0.6) is 0 Å². The summed E-state index contributed by atoms with van der Waals surface area (Å²) in [5, 5.41) is 5.69. The van der Waals surface area contributed by atoms with Gasteiger partial charge < -0.3 is 5.32 Å². The van der Waals surface area contributed by atoms with Gasteiger partial charge in [-0.05, 0) is 37.5 Å². The molecule has 2 heterocycles. The molecule has 0 bridgehead atoms. The fourth-order valence-corrected chi connectivity index (χ4v) is 3.17. The number of nitrogens with one attached hydrogen (secondary N) is 2. The van der Waals surface area contributed by atoms with Crippen LogP contribution in [-0.2, 0) is 12.8 Å². The van der Waals surface area contributed by atoms with Gasteiger partial charge in [-0.1, -0.05) is 25.5 Å². The average Bonchev–Trinajstić information content (AvgIpc) is 3.02. The molecule has 0 spiro atoms. The molecule has 1 amide bonds. The Morgan fingerprint density at radius 3 is 2.63 bits per heavy atom. The molecule has 142 valence electrons. The van der Waals surface area contributed by atoms with Crippen molar-refractivity contribution in [2.45, 2.75) is 39.5 Å². The highest BCUT2D eigenvalue weighted by Crippen LogP contribution is 2.18. The van der Waals surface area contributed by atoms with E-state index in [-0.39, 0.29) is 17.3 Å². The number of hydrogen-bond donors (Lipinski definition) is 2. The summed E-state index contributed by atoms with van der Waals surface area (Å²) in [5.74, 6) is -0.585. The van der Waals surface area contributed by atoms with Crippen molar-refractivity contribution in [1.82, 2.24) is 19.9 Å². The first-order valence-corrected chi connectivity index (χ1v) is 9.05. The molecule has 3 rings (SSSR count). The minimum atomic E-state index is -0.319. The zero-order valence-electron chi connectivity index (χ0n) is 15.7. The number of benzene rings is 1. The summed E-state index contributed by atoms with van der Waals surface area (Å²) in [7, 11) is 1.56. The topological polar surface area (TPSA) is 79.3 Å². The fourth-order valence-electron chi connectivity index (χ4n) is 3.17. The van der Waals surface area contributed by atoms with Gasteiger partial charge >= 0.3 is 0 Å². The largest absolute Gasteiger partial charge is 0.355 e. The third-order valence-corrected chi connectivity index (χ3v) is 4.68. The van der Waals surface area contributed by atoms with Gasteiger partial charge in [0, 0.05) is 30.4 Å². The number of aromatic amines is 1. The molecule has 3 aromatic rings. The number of H-pyrrole nitrogens is 1. The van der Waals surface area contributed by atoms with Gasteiger partial charge in [-0.15, -0.1) is 0 Å². The second kappa shape index (κ2) is 7.73. The van der Waals surface area contributed by atoms with Crippen LogP contribution >= 0.6 is 0 Å². The van der Waals surface area contributed by atoms with Crippen molar-refractivity contribution >= 4 is 11.6 Å². The van der Waals surface area contributed by atoms with Gasteiger partial charge in [-0.3, -0.25) is 14.7 Å². The van der Waals surface area contributed by atoms with E-state index in [9.17, 15) is 14.0 Å².